The van der Waals surface area contributed by atoms with E-state index in [1.54, 1.807) is 4.57 Å². The van der Waals surface area contributed by atoms with Crippen LogP contribution in [0.25, 0.3) is 21.6 Å². The first-order chi connectivity index (χ1) is 17.9. The largest absolute Gasteiger partial charge is 0.490 e. The van der Waals surface area contributed by atoms with Crippen molar-refractivity contribution in [3.05, 3.63) is 23.1 Å². The second-order valence-corrected chi connectivity index (χ2v) is 12.4. The van der Waals surface area contributed by atoms with E-state index in [0.717, 1.165) is 25.7 Å². The quantitative estimate of drug-likeness (QED) is 0.0608. The van der Waals surface area contributed by atoms with Crippen molar-refractivity contribution in [1.82, 2.24) is 19.5 Å². The van der Waals surface area contributed by atoms with E-state index < -0.39 is 42.4 Å². The van der Waals surface area contributed by atoms with E-state index in [1.165, 1.54) is 12.7 Å². The summed E-state index contributed by atoms with van der Waals surface area (Å²) in [6.07, 6.45) is 6.06. The summed E-state index contributed by atoms with van der Waals surface area (Å²) in [5.41, 5.74) is 9.29. The number of unbranched alkanes of at least 4 members (excludes halogenated alkanes) is 3. The van der Waals surface area contributed by atoms with Gasteiger partial charge in [-0.2, -0.15) is 8.62 Å². The molecule has 0 amide bonds. The lowest BCUT2D eigenvalue weighted by Gasteiger charge is -2.18. The molecule has 2 unspecified atom stereocenters. The van der Waals surface area contributed by atoms with Gasteiger partial charge in [-0.3, -0.25) is 9.09 Å². The predicted octanol–water partition coefficient (Wildman–Crippen LogP) is 3.13. The van der Waals surface area contributed by atoms with Crippen LogP contribution in [0.4, 0.5) is 5.82 Å². The molecule has 22 heteroatoms. The fourth-order valence-electron chi connectivity index (χ4n) is 3.60. The maximum absolute atomic E-state index is 11.9. The summed E-state index contributed by atoms with van der Waals surface area (Å²) >= 11 is 0. The number of hydrogen-bond acceptors (Lipinski definition) is 12. The SMILES string of the molecule is [N-]=[N+]=NCCCCCCNc1ncnc2c1ncn2[C@H]1CC[C@@H](COP(=O)(O)OP(=O)(O)OP(=O)(O)O)O1. The Kier molecular flexibility index (Phi) is 10.8. The van der Waals surface area contributed by atoms with E-state index >= 15 is 0 Å². The van der Waals surface area contributed by atoms with Crippen LogP contribution in [-0.4, -0.2) is 64.9 Å². The Labute approximate surface area is 215 Å². The van der Waals surface area contributed by atoms with Gasteiger partial charge < -0.3 is 29.6 Å². The summed E-state index contributed by atoms with van der Waals surface area (Å²) in [4.78, 5) is 51.6. The number of ether oxygens (including phenoxy) is 1. The second-order valence-electron chi connectivity index (χ2n) is 8.02. The van der Waals surface area contributed by atoms with Crippen molar-refractivity contribution in [3.8, 4) is 0 Å². The summed E-state index contributed by atoms with van der Waals surface area (Å²) < 4.78 is 53.6. The Morgan fingerprint density at radius 1 is 1.08 bits per heavy atom. The summed E-state index contributed by atoms with van der Waals surface area (Å²) in [5, 5.41) is 6.73. The molecule has 3 rings (SSSR count). The first-order valence-electron chi connectivity index (χ1n) is 11.3. The lowest BCUT2D eigenvalue weighted by Crippen LogP contribution is -2.16. The highest BCUT2D eigenvalue weighted by Crippen LogP contribution is 2.66. The van der Waals surface area contributed by atoms with Crippen LogP contribution in [0.5, 0.6) is 0 Å². The van der Waals surface area contributed by atoms with Crippen molar-refractivity contribution >= 4 is 40.4 Å². The highest BCUT2D eigenvalue weighted by atomic mass is 31.3. The van der Waals surface area contributed by atoms with E-state index in [4.69, 9.17) is 20.1 Å². The molecule has 0 aliphatic carbocycles. The van der Waals surface area contributed by atoms with E-state index in [2.05, 4.69) is 43.4 Å². The molecule has 212 valence electrons. The van der Waals surface area contributed by atoms with Gasteiger partial charge in [-0.25, -0.2) is 28.6 Å². The van der Waals surface area contributed by atoms with Gasteiger partial charge in [0.15, 0.2) is 17.0 Å². The molecule has 4 atom stereocenters. The molecular formula is C16H27N8O11P3. The number of fused-ring (bicyclic) bond motifs is 1. The third-order valence-corrected chi connectivity index (χ3v) is 8.94. The topological polar surface area (TPSA) is 273 Å². The molecule has 0 aromatic carbocycles. The number of rotatable bonds is 16. The van der Waals surface area contributed by atoms with Crippen LogP contribution in [0.2, 0.25) is 0 Å². The van der Waals surface area contributed by atoms with Crippen molar-refractivity contribution in [2.45, 2.75) is 50.9 Å². The van der Waals surface area contributed by atoms with Crippen LogP contribution in [0.1, 0.15) is 44.8 Å². The molecule has 0 saturated carbocycles. The molecule has 38 heavy (non-hydrogen) atoms. The van der Waals surface area contributed by atoms with Crippen molar-refractivity contribution in [2.75, 3.05) is 25.0 Å². The molecule has 0 radical (unpaired) electrons. The van der Waals surface area contributed by atoms with Gasteiger partial charge in [0.05, 0.1) is 19.0 Å². The van der Waals surface area contributed by atoms with Gasteiger partial charge in [0.1, 0.15) is 12.6 Å². The number of nitrogens with one attached hydrogen (secondary N) is 1. The molecular weight excluding hydrogens is 573 g/mol. The predicted molar refractivity (Wildman–Crippen MR) is 129 cm³/mol. The third-order valence-electron chi connectivity index (χ3n) is 5.13. The number of aromatic nitrogens is 4. The van der Waals surface area contributed by atoms with Crippen LogP contribution >= 0.6 is 23.5 Å². The average Bonchev–Trinajstić information content (AvgIpc) is 3.44. The number of azide groups is 1. The van der Waals surface area contributed by atoms with Gasteiger partial charge in [0, 0.05) is 18.0 Å². The van der Waals surface area contributed by atoms with Crippen LogP contribution in [0, 0.1) is 0 Å². The third kappa shape index (κ3) is 9.65. The molecule has 0 bridgehead atoms. The standard InChI is InChI=1S/C16H27N8O11P3/c17-23-22-8-4-2-1-3-7-18-15-14-16(20-10-19-15)24(11-21-14)13-6-5-12(33-13)9-32-37(28,29)35-38(30,31)34-36(25,26)27/h10-13H,1-9H2,(H,28,29)(H,30,31)(H,18,19,20)(H2,25,26,27)/t12-,13+/m0/s1. The van der Waals surface area contributed by atoms with Gasteiger partial charge in [-0.15, -0.1) is 0 Å². The minimum atomic E-state index is -5.59. The van der Waals surface area contributed by atoms with Crippen molar-refractivity contribution in [2.24, 2.45) is 5.11 Å². The van der Waals surface area contributed by atoms with Crippen LogP contribution in [0.3, 0.4) is 0 Å². The Morgan fingerprint density at radius 3 is 2.58 bits per heavy atom. The minimum absolute atomic E-state index is 0.371. The van der Waals surface area contributed by atoms with E-state index in [9.17, 15) is 23.5 Å². The normalized spacial score (nSPS) is 21.1. The maximum Gasteiger partial charge on any atom is 0.490 e. The molecule has 2 aromatic heterocycles. The zero-order chi connectivity index (χ0) is 27.8. The summed E-state index contributed by atoms with van der Waals surface area (Å²) in [6.45, 7) is 0.608. The number of phosphoric ester groups is 1. The van der Waals surface area contributed by atoms with Gasteiger partial charge in [0.25, 0.3) is 0 Å². The van der Waals surface area contributed by atoms with Crippen molar-refractivity contribution in [3.63, 3.8) is 0 Å². The molecule has 1 fully saturated rings. The molecule has 1 aliphatic heterocycles. The highest BCUT2D eigenvalue weighted by molar-refractivity contribution is 7.66. The van der Waals surface area contributed by atoms with Crippen LogP contribution in [-0.2, 0) is 31.6 Å². The fraction of sp³-hybridized carbons (Fsp3) is 0.688. The second kappa shape index (κ2) is 13.4. The van der Waals surface area contributed by atoms with Gasteiger partial charge in [-0.05, 0) is 31.2 Å². The monoisotopic (exact) mass is 600 g/mol. The molecule has 1 saturated heterocycles. The molecule has 0 spiro atoms. The zero-order valence-corrected chi connectivity index (χ0v) is 22.5. The first kappa shape index (κ1) is 30.6. The molecule has 5 N–H and O–H groups in total. The molecule has 19 nitrogen and oxygen atoms in total. The van der Waals surface area contributed by atoms with E-state index in [0.29, 0.717) is 42.9 Å². The number of nitrogens with zero attached hydrogens (tertiary/aromatic N) is 7. The Hall–Kier alpha value is -1.97. The van der Waals surface area contributed by atoms with E-state index in [1.807, 2.05) is 0 Å². The number of anilines is 1. The van der Waals surface area contributed by atoms with Crippen LogP contribution in [0.15, 0.2) is 17.8 Å². The fourth-order valence-corrected chi connectivity index (χ4v) is 6.65. The summed E-state index contributed by atoms with van der Waals surface area (Å²) in [5.74, 6) is 0.546. The Morgan fingerprint density at radius 2 is 1.84 bits per heavy atom. The maximum atomic E-state index is 11.9. The first-order valence-corrected chi connectivity index (χ1v) is 15.8. The van der Waals surface area contributed by atoms with Gasteiger partial charge in [-0.1, -0.05) is 18.0 Å². The Balaban J connectivity index is 1.51. The van der Waals surface area contributed by atoms with E-state index in [-0.39, 0.29) is 0 Å². The summed E-state index contributed by atoms with van der Waals surface area (Å²) in [7, 11) is -16.3. The van der Waals surface area contributed by atoms with Crippen molar-refractivity contribution < 1.29 is 51.2 Å². The molecule has 3 heterocycles. The molecule has 1 aliphatic rings. The summed E-state index contributed by atoms with van der Waals surface area (Å²) in [6, 6.07) is 0. The average molecular weight is 600 g/mol. The van der Waals surface area contributed by atoms with Gasteiger partial charge in [0.2, 0.25) is 0 Å². The zero-order valence-electron chi connectivity index (χ0n) is 19.8. The highest BCUT2D eigenvalue weighted by Gasteiger charge is 2.41. The number of imidazole rings is 1. The van der Waals surface area contributed by atoms with Crippen molar-refractivity contribution in [1.29, 1.82) is 0 Å². The number of phosphoric acid groups is 3. The molecule has 2 aromatic rings. The lowest BCUT2D eigenvalue weighted by molar-refractivity contribution is -0.0205. The minimum Gasteiger partial charge on any atom is -0.368 e. The van der Waals surface area contributed by atoms with Crippen LogP contribution < -0.4 is 5.32 Å². The smallest absolute Gasteiger partial charge is 0.368 e. The number of hydrogen-bond donors (Lipinski definition) is 5. The Bertz CT molecular complexity index is 1280. The lowest BCUT2D eigenvalue weighted by atomic mass is 10.2. The van der Waals surface area contributed by atoms with Gasteiger partial charge >= 0.3 is 23.5 Å².